The van der Waals surface area contributed by atoms with Crippen molar-refractivity contribution in [2.24, 2.45) is 5.73 Å². The summed E-state index contributed by atoms with van der Waals surface area (Å²) in [6.45, 7) is 0. The predicted octanol–water partition coefficient (Wildman–Crippen LogP) is 4.01. The number of benzene rings is 1. The third kappa shape index (κ3) is 2.79. The summed E-state index contributed by atoms with van der Waals surface area (Å²) >= 11 is 3.45. The maximum absolute atomic E-state index is 6.50. The van der Waals surface area contributed by atoms with Gasteiger partial charge in [-0.2, -0.15) is 4.98 Å². The van der Waals surface area contributed by atoms with E-state index in [2.05, 4.69) is 26.1 Å². The molecule has 5 heteroatoms. The van der Waals surface area contributed by atoms with E-state index in [0.717, 1.165) is 35.7 Å². The van der Waals surface area contributed by atoms with E-state index in [0.29, 0.717) is 11.7 Å². The van der Waals surface area contributed by atoms with Gasteiger partial charge >= 0.3 is 0 Å². The quantitative estimate of drug-likeness (QED) is 0.842. The molecule has 1 heterocycles. The van der Waals surface area contributed by atoms with Gasteiger partial charge in [0.05, 0.1) is 5.54 Å². The molecular weight excluding hydrogens is 318 g/mol. The van der Waals surface area contributed by atoms with Crippen LogP contribution in [0.5, 0.6) is 0 Å². The van der Waals surface area contributed by atoms with Crippen molar-refractivity contribution in [1.29, 1.82) is 0 Å². The predicted molar refractivity (Wildman–Crippen MR) is 81.0 cm³/mol. The van der Waals surface area contributed by atoms with Crippen molar-refractivity contribution in [1.82, 2.24) is 10.1 Å². The van der Waals surface area contributed by atoms with Crippen LogP contribution >= 0.6 is 15.9 Å². The molecule has 1 aliphatic carbocycles. The first-order chi connectivity index (χ1) is 9.67. The number of aromatic nitrogens is 2. The molecule has 1 aromatic carbocycles. The Morgan fingerprint density at radius 1 is 1.15 bits per heavy atom. The van der Waals surface area contributed by atoms with E-state index < -0.39 is 5.54 Å². The molecule has 0 aliphatic heterocycles. The molecule has 20 heavy (non-hydrogen) atoms. The second-order valence-electron chi connectivity index (χ2n) is 5.50. The van der Waals surface area contributed by atoms with Gasteiger partial charge in [0.25, 0.3) is 0 Å². The van der Waals surface area contributed by atoms with Crippen LogP contribution in [0.25, 0.3) is 11.4 Å². The van der Waals surface area contributed by atoms with Crippen molar-refractivity contribution in [3.05, 3.63) is 34.6 Å². The van der Waals surface area contributed by atoms with Crippen molar-refractivity contribution in [3.8, 4) is 11.4 Å². The maximum atomic E-state index is 6.50. The molecule has 0 saturated heterocycles. The molecule has 1 aliphatic rings. The van der Waals surface area contributed by atoms with Crippen LogP contribution in [0.3, 0.4) is 0 Å². The first-order valence-electron chi connectivity index (χ1n) is 7.06. The van der Waals surface area contributed by atoms with Crippen LogP contribution in [0.1, 0.15) is 44.4 Å². The SMILES string of the molecule is NC1(c2nc(-c3cccc(Br)c3)no2)CCCCCC1. The van der Waals surface area contributed by atoms with Crippen LogP contribution in [0.4, 0.5) is 0 Å². The van der Waals surface area contributed by atoms with Gasteiger partial charge in [-0.1, -0.05) is 58.9 Å². The van der Waals surface area contributed by atoms with E-state index in [1.807, 2.05) is 24.3 Å². The highest BCUT2D eigenvalue weighted by molar-refractivity contribution is 9.10. The summed E-state index contributed by atoms with van der Waals surface area (Å²) < 4.78 is 6.45. The standard InChI is InChI=1S/C15H18BrN3O/c16-12-7-5-6-11(10-12)13-18-14(20-19-13)15(17)8-3-1-2-4-9-15/h5-7,10H,1-4,8-9,17H2. The van der Waals surface area contributed by atoms with Crippen molar-refractivity contribution in [2.75, 3.05) is 0 Å². The molecule has 0 atom stereocenters. The second-order valence-corrected chi connectivity index (χ2v) is 6.42. The van der Waals surface area contributed by atoms with Crippen molar-refractivity contribution < 1.29 is 4.52 Å². The van der Waals surface area contributed by atoms with E-state index in [1.54, 1.807) is 0 Å². The summed E-state index contributed by atoms with van der Waals surface area (Å²) in [7, 11) is 0. The summed E-state index contributed by atoms with van der Waals surface area (Å²) in [6, 6.07) is 7.88. The van der Waals surface area contributed by atoms with E-state index in [9.17, 15) is 0 Å². The minimum Gasteiger partial charge on any atom is -0.337 e. The van der Waals surface area contributed by atoms with Crippen LogP contribution in [0.15, 0.2) is 33.3 Å². The van der Waals surface area contributed by atoms with Crippen LogP contribution in [-0.2, 0) is 5.54 Å². The first-order valence-corrected chi connectivity index (χ1v) is 7.86. The highest BCUT2D eigenvalue weighted by atomic mass is 79.9. The number of rotatable bonds is 2. The van der Waals surface area contributed by atoms with Gasteiger partial charge in [0.1, 0.15) is 0 Å². The average Bonchev–Trinajstić information content (AvgIpc) is 2.84. The summed E-state index contributed by atoms with van der Waals surface area (Å²) in [5.41, 5.74) is 6.98. The molecule has 0 bridgehead atoms. The molecule has 2 N–H and O–H groups in total. The van der Waals surface area contributed by atoms with Gasteiger partial charge < -0.3 is 10.3 Å². The summed E-state index contributed by atoms with van der Waals surface area (Å²) in [6.07, 6.45) is 6.59. The number of halogens is 1. The highest BCUT2D eigenvalue weighted by Crippen LogP contribution is 2.33. The van der Waals surface area contributed by atoms with Crippen LogP contribution in [0, 0.1) is 0 Å². The van der Waals surface area contributed by atoms with Crippen molar-refractivity contribution in [2.45, 2.75) is 44.1 Å². The van der Waals surface area contributed by atoms with E-state index in [-0.39, 0.29) is 0 Å². The molecule has 2 aromatic rings. The van der Waals surface area contributed by atoms with Gasteiger partial charge in [-0.3, -0.25) is 0 Å². The second kappa shape index (κ2) is 5.66. The summed E-state index contributed by atoms with van der Waals surface area (Å²) in [4.78, 5) is 4.54. The van der Waals surface area contributed by atoms with E-state index >= 15 is 0 Å². The Hall–Kier alpha value is -1.20. The minimum absolute atomic E-state index is 0.451. The lowest BCUT2D eigenvalue weighted by Gasteiger charge is -2.22. The van der Waals surface area contributed by atoms with Crippen molar-refractivity contribution in [3.63, 3.8) is 0 Å². The molecule has 1 aromatic heterocycles. The summed E-state index contributed by atoms with van der Waals surface area (Å²) in [5.74, 6) is 1.18. The zero-order chi connectivity index (χ0) is 14.0. The van der Waals surface area contributed by atoms with Gasteiger partial charge in [-0.25, -0.2) is 0 Å². The monoisotopic (exact) mass is 335 g/mol. The van der Waals surface area contributed by atoms with Crippen LogP contribution in [-0.4, -0.2) is 10.1 Å². The molecule has 1 fully saturated rings. The Kier molecular flexibility index (Phi) is 3.89. The van der Waals surface area contributed by atoms with Gasteiger partial charge in [-0.05, 0) is 25.0 Å². The molecule has 4 nitrogen and oxygen atoms in total. The van der Waals surface area contributed by atoms with Gasteiger partial charge in [-0.15, -0.1) is 0 Å². The Labute approximate surface area is 126 Å². The Balaban J connectivity index is 1.89. The van der Waals surface area contributed by atoms with Gasteiger partial charge in [0.15, 0.2) is 0 Å². The number of nitrogens with zero attached hydrogens (tertiary/aromatic N) is 2. The fraction of sp³-hybridized carbons (Fsp3) is 0.467. The molecule has 0 radical (unpaired) electrons. The molecule has 106 valence electrons. The molecule has 0 amide bonds. The Morgan fingerprint density at radius 3 is 2.60 bits per heavy atom. The lowest BCUT2D eigenvalue weighted by molar-refractivity contribution is 0.257. The van der Waals surface area contributed by atoms with Crippen LogP contribution in [0.2, 0.25) is 0 Å². The maximum Gasteiger partial charge on any atom is 0.247 e. The molecule has 1 saturated carbocycles. The Morgan fingerprint density at radius 2 is 1.90 bits per heavy atom. The fourth-order valence-corrected chi connectivity index (χ4v) is 3.14. The third-order valence-electron chi connectivity index (χ3n) is 3.93. The third-order valence-corrected chi connectivity index (χ3v) is 4.42. The summed E-state index contributed by atoms with van der Waals surface area (Å²) in [5, 5.41) is 4.09. The van der Waals surface area contributed by atoms with E-state index in [4.69, 9.17) is 10.3 Å². The largest absolute Gasteiger partial charge is 0.337 e. The number of hydrogen-bond donors (Lipinski definition) is 1. The lowest BCUT2D eigenvalue weighted by atomic mass is 9.91. The smallest absolute Gasteiger partial charge is 0.247 e. The average molecular weight is 336 g/mol. The number of hydrogen-bond acceptors (Lipinski definition) is 4. The molecular formula is C15H18BrN3O. The lowest BCUT2D eigenvalue weighted by Crippen LogP contribution is -2.36. The molecule has 0 unspecified atom stereocenters. The first kappa shape index (κ1) is 13.8. The van der Waals surface area contributed by atoms with Gasteiger partial charge in [0.2, 0.25) is 11.7 Å². The topological polar surface area (TPSA) is 64.9 Å². The Bertz CT molecular complexity index is 588. The van der Waals surface area contributed by atoms with E-state index in [1.165, 1.54) is 12.8 Å². The fourth-order valence-electron chi connectivity index (χ4n) is 2.74. The van der Waals surface area contributed by atoms with Gasteiger partial charge in [0, 0.05) is 10.0 Å². The zero-order valence-electron chi connectivity index (χ0n) is 11.3. The van der Waals surface area contributed by atoms with Crippen LogP contribution < -0.4 is 5.73 Å². The molecule has 3 rings (SSSR count). The molecule has 0 spiro atoms. The highest BCUT2D eigenvalue weighted by Gasteiger charge is 2.34. The minimum atomic E-state index is -0.451. The normalized spacial score (nSPS) is 18.7. The van der Waals surface area contributed by atoms with Crippen molar-refractivity contribution >= 4 is 15.9 Å². The number of nitrogens with two attached hydrogens (primary N) is 1. The zero-order valence-corrected chi connectivity index (χ0v) is 12.9.